The van der Waals surface area contributed by atoms with Crippen LogP contribution < -0.4 is 5.32 Å². The molecule has 1 N–H and O–H groups in total. The van der Waals surface area contributed by atoms with Gasteiger partial charge in [0.1, 0.15) is 0 Å². The Bertz CT molecular complexity index is 237. The van der Waals surface area contributed by atoms with Crippen molar-refractivity contribution in [3.8, 4) is 0 Å². The lowest BCUT2D eigenvalue weighted by atomic mass is 9.72. The van der Waals surface area contributed by atoms with Crippen LogP contribution in [0.25, 0.3) is 0 Å². The predicted octanol–water partition coefficient (Wildman–Crippen LogP) is 4.32. The Kier molecular flexibility index (Phi) is 5.88. The number of nitrogens with one attached hydrogen (secondary N) is 1. The molecule has 0 bridgehead atoms. The summed E-state index contributed by atoms with van der Waals surface area (Å²) in [6.45, 7) is 8.41. The smallest absolute Gasteiger partial charge is 0.0214 e. The Labute approximate surface area is 118 Å². The van der Waals surface area contributed by atoms with Crippen LogP contribution in [0, 0.1) is 17.8 Å². The van der Waals surface area contributed by atoms with Crippen LogP contribution >= 0.6 is 11.8 Å². The summed E-state index contributed by atoms with van der Waals surface area (Å²) in [5.74, 6) is 4.22. The van der Waals surface area contributed by atoms with Crippen molar-refractivity contribution >= 4 is 11.8 Å². The third-order valence-corrected chi connectivity index (χ3v) is 6.62. The zero-order valence-corrected chi connectivity index (χ0v) is 13.3. The Balaban J connectivity index is 1.94. The van der Waals surface area contributed by atoms with Gasteiger partial charge in [0.15, 0.2) is 0 Å². The molecule has 2 rings (SSSR count). The molecule has 1 nitrogen and oxygen atoms in total. The van der Waals surface area contributed by atoms with Crippen LogP contribution in [0.5, 0.6) is 0 Å². The fraction of sp³-hybridized carbons (Fsp3) is 1.00. The molecule has 1 aliphatic heterocycles. The molecule has 106 valence electrons. The van der Waals surface area contributed by atoms with Crippen LogP contribution in [-0.4, -0.2) is 23.6 Å². The number of hydrogen-bond donors (Lipinski definition) is 1. The Morgan fingerprint density at radius 1 is 1.17 bits per heavy atom. The summed E-state index contributed by atoms with van der Waals surface area (Å²) < 4.78 is 0. The van der Waals surface area contributed by atoms with Gasteiger partial charge in [0, 0.05) is 11.3 Å². The highest BCUT2D eigenvalue weighted by Crippen LogP contribution is 2.40. The van der Waals surface area contributed by atoms with E-state index in [9.17, 15) is 0 Å². The topological polar surface area (TPSA) is 12.0 Å². The molecule has 0 amide bonds. The van der Waals surface area contributed by atoms with Crippen molar-refractivity contribution in [3.05, 3.63) is 0 Å². The van der Waals surface area contributed by atoms with Crippen LogP contribution in [0.4, 0.5) is 0 Å². The lowest BCUT2D eigenvalue weighted by Crippen LogP contribution is -2.45. The largest absolute Gasteiger partial charge is 0.313 e. The normalized spacial score (nSPS) is 38.8. The van der Waals surface area contributed by atoms with Crippen molar-refractivity contribution in [2.24, 2.45) is 17.8 Å². The minimum absolute atomic E-state index is 0.799. The summed E-state index contributed by atoms with van der Waals surface area (Å²) in [7, 11) is 0. The SMILES string of the molecule is CCCNC(C1CCC(C)C(C)C1)C1CCCS1. The van der Waals surface area contributed by atoms with Crippen LogP contribution in [-0.2, 0) is 0 Å². The van der Waals surface area contributed by atoms with E-state index in [2.05, 4.69) is 37.8 Å². The zero-order chi connectivity index (χ0) is 13.0. The molecule has 5 atom stereocenters. The molecule has 0 aromatic heterocycles. The molecule has 2 aliphatic rings. The van der Waals surface area contributed by atoms with Gasteiger partial charge in [-0.2, -0.15) is 11.8 Å². The van der Waals surface area contributed by atoms with Crippen LogP contribution in [0.3, 0.4) is 0 Å². The van der Waals surface area contributed by atoms with Gasteiger partial charge in [0.2, 0.25) is 0 Å². The molecular formula is C16H31NS. The van der Waals surface area contributed by atoms with E-state index < -0.39 is 0 Å². The van der Waals surface area contributed by atoms with E-state index in [-0.39, 0.29) is 0 Å². The van der Waals surface area contributed by atoms with E-state index >= 15 is 0 Å². The van der Waals surface area contributed by atoms with Crippen molar-refractivity contribution in [2.45, 2.75) is 70.6 Å². The molecule has 0 spiro atoms. The van der Waals surface area contributed by atoms with Gasteiger partial charge in [0.25, 0.3) is 0 Å². The molecule has 1 heterocycles. The lowest BCUT2D eigenvalue weighted by molar-refractivity contribution is 0.168. The fourth-order valence-electron chi connectivity index (χ4n) is 3.71. The van der Waals surface area contributed by atoms with Crippen molar-refractivity contribution in [2.75, 3.05) is 12.3 Å². The molecular weight excluding hydrogens is 238 g/mol. The summed E-state index contributed by atoms with van der Waals surface area (Å²) >= 11 is 2.23. The van der Waals surface area contributed by atoms with Crippen LogP contribution in [0.15, 0.2) is 0 Å². The van der Waals surface area contributed by atoms with E-state index in [0.29, 0.717) is 0 Å². The summed E-state index contributed by atoms with van der Waals surface area (Å²) in [5, 5.41) is 4.80. The average Bonchev–Trinajstić information content (AvgIpc) is 2.88. The van der Waals surface area contributed by atoms with Gasteiger partial charge in [0.05, 0.1) is 0 Å². The first-order valence-corrected chi connectivity index (χ1v) is 9.12. The second-order valence-corrected chi connectivity index (χ2v) is 7.91. The van der Waals surface area contributed by atoms with Crippen LogP contribution in [0.2, 0.25) is 0 Å². The first-order valence-electron chi connectivity index (χ1n) is 8.07. The van der Waals surface area contributed by atoms with E-state index in [1.54, 1.807) is 0 Å². The summed E-state index contributed by atoms with van der Waals surface area (Å²) in [6.07, 6.45) is 8.54. The minimum atomic E-state index is 0.799. The predicted molar refractivity (Wildman–Crippen MR) is 83.2 cm³/mol. The summed E-state index contributed by atoms with van der Waals surface area (Å²) in [5.41, 5.74) is 0. The maximum Gasteiger partial charge on any atom is 0.0214 e. The van der Waals surface area contributed by atoms with Gasteiger partial charge >= 0.3 is 0 Å². The van der Waals surface area contributed by atoms with E-state index in [1.807, 2.05) is 0 Å². The fourth-order valence-corrected chi connectivity index (χ4v) is 5.21. The van der Waals surface area contributed by atoms with E-state index in [4.69, 9.17) is 0 Å². The maximum absolute atomic E-state index is 3.90. The molecule has 2 heteroatoms. The monoisotopic (exact) mass is 269 g/mol. The Morgan fingerprint density at radius 2 is 2.00 bits per heavy atom. The molecule has 1 aliphatic carbocycles. The van der Waals surface area contributed by atoms with E-state index in [1.165, 1.54) is 50.8 Å². The van der Waals surface area contributed by atoms with Gasteiger partial charge in [-0.05, 0) is 62.2 Å². The van der Waals surface area contributed by atoms with E-state index in [0.717, 1.165) is 29.0 Å². The third-order valence-electron chi connectivity index (χ3n) is 5.14. The maximum atomic E-state index is 3.90. The quantitative estimate of drug-likeness (QED) is 0.797. The standard InChI is InChI=1S/C16H31NS/c1-4-9-17-16(15-6-5-10-18-15)14-8-7-12(2)13(3)11-14/h12-17H,4-11H2,1-3H3. The molecule has 5 unspecified atom stereocenters. The highest BCUT2D eigenvalue weighted by molar-refractivity contribution is 8.00. The second-order valence-electron chi connectivity index (χ2n) is 6.56. The molecule has 0 aromatic carbocycles. The zero-order valence-electron chi connectivity index (χ0n) is 12.5. The first kappa shape index (κ1) is 14.7. The van der Waals surface area contributed by atoms with Gasteiger partial charge in [-0.3, -0.25) is 0 Å². The van der Waals surface area contributed by atoms with Crippen molar-refractivity contribution < 1.29 is 0 Å². The van der Waals surface area contributed by atoms with Crippen molar-refractivity contribution in [1.82, 2.24) is 5.32 Å². The minimum Gasteiger partial charge on any atom is -0.313 e. The van der Waals surface area contributed by atoms with Gasteiger partial charge in [-0.25, -0.2) is 0 Å². The average molecular weight is 269 g/mol. The number of thioether (sulfide) groups is 1. The van der Waals surface area contributed by atoms with Crippen LogP contribution in [0.1, 0.15) is 59.3 Å². The number of hydrogen-bond acceptors (Lipinski definition) is 2. The molecule has 2 fully saturated rings. The highest BCUT2D eigenvalue weighted by Gasteiger charge is 2.35. The first-order chi connectivity index (χ1) is 8.72. The lowest BCUT2D eigenvalue weighted by Gasteiger charge is -2.39. The molecule has 0 aromatic rings. The molecule has 1 saturated carbocycles. The van der Waals surface area contributed by atoms with Gasteiger partial charge in [-0.15, -0.1) is 0 Å². The molecule has 1 saturated heterocycles. The summed E-state index contributed by atoms with van der Waals surface area (Å²) in [4.78, 5) is 0. The summed E-state index contributed by atoms with van der Waals surface area (Å²) in [6, 6.07) is 0.799. The molecule has 18 heavy (non-hydrogen) atoms. The Hall–Kier alpha value is 0.310. The molecule has 0 radical (unpaired) electrons. The number of rotatable bonds is 5. The highest BCUT2D eigenvalue weighted by atomic mass is 32.2. The second kappa shape index (κ2) is 7.19. The van der Waals surface area contributed by atoms with Crippen molar-refractivity contribution in [1.29, 1.82) is 0 Å². The van der Waals surface area contributed by atoms with Crippen molar-refractivity contribution in [3.63, 3.8) is 0 Å². The Morgan fingerprint density at radius 3 is 2.61 bits per heavy atom. The third kappa shape index (κ3) is 3.66. The van der Waals surface area contributed by atoms with Gasteiger partial charge < -0.3 is 5.32 Å². The van der Waals surface area contributed by atoms with Gasteiger partial charge in [-0.1, -0.05) is 27.2 Å².